The summed E-state index contributed by atoms with van der Waals surface area (Å²) in [6.07, 6.45) is 0. The van der Waals surface area contributed by atoms with Gasteiger partial charge in [-0.3, -0.25) is 4.79 Å². The van der Waals surface area contributed by atoms with Gasteiger partial charge in [-0.15, -0.1) is 11.3 Å². The number of sulfonamides is 1. The number of hydrogen-bond donors (Lipinski definition) is 1. The molecule has 0 radical (unpaired) electrons. The van der Waals surface area contributed by atoms with E-state index in [4.69, 9.17) is 4.74 Å². The highest BCUT2D eigenvalue weighted by molar-refractivity contribution is 7.89. The van der Waals surface area contributed by atoms with Gasteiger partial charge in [0.05, 0.1) is 12.0 Å². The van der Waals surface area contributed by atoms with Crippen LogP contribution in [0.1, 0.15) is 20.8 Å². The Hall–Kier alpha value is -3.02. The maximum atomic E-state index is 12.8. The van der Waals surface area contributed by atoms with E-state index in [0.29, 0.717) is 5.56 Å². The molecule has 11 heteroatoms. The minimum Gasteiger partial charge on any atom is -0.493 e. The highest BCUT2D eigenvalue weighted by Crippen LogP contribution is 2.30. The molecule has 0 fully saturated rings. The molecule has 7 nitrogen and oxygen atoms in total. The van der Waals surface area contributed by atoms with Crippen molar-refractivity contribution in [1.82, 2.24) is 9.62 Å². The van der Waals surface area contributed by atoms with Crippen LogP contribution in [0.5, 0.6) is 11.5 Å². The van der Waals surface area contributed by atoms with E-state index in [1.165, 1.54) is 59.7 Å². The van der Waals surface area contributed by atoms with Crippen molar-refractivity contribution in [2.75, 3.05) is 14.2 Å². The number of ether oxygens (including phenoxy) is 2. The average Bonchev–Trinajstić information content (AvgIpc) is 3.31. The molecule has 2 aromatic carbocycles. The lowest BCUT2D eigenvalue weighted by Crippen LogP contribution is -2.26. The molecule has 1 aromatic heterocycles. The number of methoxy groups -OCH3 is 1. The van der Waals surface area contributed by atoms with Crippen molar-refractivity contribution in [3.8, 4) is 11.5 Å². The number of benzene rings is 2. The van der Waals surface area contributed by atoms with Gasteiger partial charge >= 0.3 is 6.61 Å². The molecule has 0 aliphatic rings. The van der Waals surface area contributed by atoms with E-state index in [0.717, 1.165) is 4.88 Å². The fraction of sp³-hybridized carbons (Fsp3) is 0.227. The zero-order chi connectivity index (χ0) is 24.0. The second kappa shape index (κ2) is 10.7. The van der Waals surface area contributed by atoms with Gasteiger partial charge in [-0.2, -0.15) is 8.78 Å². The minimum atomic E-state index is -3.72. The van der Waals surface area contributed by atoms with Gasteiger partial charge in [0.15, 0.2) is 11.5 Å². The zero-order valence-electron chi connectivity index (χ0n) is 17.8. The standard InChI is InChI=1S/C22H22F2N2O5S2/c1-26(14-15-5-10-19(30-2)20(12-15)31-22(23)24)21(27)16-6-8-18(9-7-16)33(28,29)25-13-17-4-3-11-32-17/h3-12,22,25H,13-14H2,1-2H3. The first kappa shape index (κ1) is 24.6. The molecule has 0 unspecified atom stereocenters. The first-order valence-electron chi connectivity index (χ1n) is 9.69. The second-order valence-corrected chi connectivity index (χ2v) is 9.75. The zero-order valence-corrected chi connectivity index (χ0v) is 19.5. The molecule has 0 aliphatic heterocycles. The van der Waals surface area contributed by atoms with Gasteiger partial charge in [0.2, 0.25) is 10.0 Å². The summed E-state index contributed by atoms with van der Waals surface area (Å²) < 4.78 is 62.2. The van der Waals surface area contributed by atoms with Crippen molar-refractivity contribution in [3.05, 3.63) is 76.0 Å². The molecule has 0 saturated carbocycles. The van der Waals surface area contributed by atoms with Crippen LogP contribution in [0.15, 0.2) is 64.9 Å². The lowest BCUT2D eigenvalue weighted by Gasteiger charge is -2.19. The van der Waals surface area contributed by atoms with Crippen LogP contribution in [0.25, 0.3) is 0 Å². The van der Waals surface area contributed by atoms with Gasteiger partial charge in [0.25, 0.3) is 5.91 Å². The first-order chi connectivity index (χ1) is 15.7. The molecule has 1 amide bonds. The Balaban J connectivity index is 1.67. The SMILES string of the molecule is COc1ccc(CN(C)C(=O)c2ccc(S(=O)(=O)NCc3cccs3)cc2)cc1OC(F)F. The summed E-state index contributed by atoms with van der Waals surface area (Å²) in [7, 11) is -0.837. The molecule has 33 heavy (non-hydrogen) atoms. The van der Waals surface area contributed by atoms with E-state index in [-0.39, 0.29) is 41.0 Å². The molecule has 0 atom stereocenters. The number of halogens is 2. The van der Waals surface area contributed by atoms with Crippen LogP contribution in [0.4, 0.5) is 8.78 Å². The third-order valence-electron chi connectivity index (χ3n) is 4.64. The van der Waals surface area contributed by atoms with Crippen LogP contribution < -0.4 is 14.2 Å². The molecule has 176 valence electrons. The van der Waals surface area contributed by atoms with E-state index >= 15 is 0 Å². The quantitative estimate of drug-likeness (QED) is 0.457. The number of alkyl halides is 2. The van der Waals surface area contributed by atoms with Crippen molar-refractivity contribution in [3.63, 3.8) is 0 Å². The Morgan fingerprint density at radius 1 is 1.12 bits per heavy atom. The fourth-order valence-corrected chi connectivity index (χ4v) is 4.76. The van der Waals surface area contributed by atoms with Crippen molar-refractivity contribution < 1.29 is 31.5 Å². The number of thiophene rings is 1. The number of rotatable bonds is 10. The van der Waals surface area contributed by atoms with Crippen molar-refractivity contribution in [1.29, 1.82) is 0 Å². The van der Waals surface area contributed by atoms with Gasteiger partial charge < -0.3 is 14.4 Å². The van der Waals surface area contributed by atoms with Crippen LogP contribution in [0, 0.1) is 0 Å². The van der Waals surface area contributed by atoms with Gasteiger partial charge in [-0.05, 0) is 53.4 Å². The topological polar surface area (TPSA) is 84.9 Å². The summed E-state index contributed by atoms with van der Waals surface area (Å²) in [5.41, 5.74) is 0.839. The fourth-order valence-electron chi connectivity index (χ4n) is 3.01. The molecule has 3 rings (SSSR count). The molecule has 3 aromatic rings. The van der Waals surface area contributed by atoms with Crippen LogP contribution >= 0.6 is 11.3 Å². The largest absolute Gasteiger partial charge is 0.493 e. The lowest BCUT2D eigenvalue weighted by molar-refractivity contribution is -0.0512. The van der Waals surface area contributed by atoms with Gasteiger partial charge in [-0.1, -0.05) is 12.1 Å². The molecule has 1 N–H and O–H groups in total. The van der Waals surface area contributed by atoms with Crippen LogP contribution in [0.3, 0.4) is 0 Å². The molecule has 0 spiro atoms. The maximum Gasteiger partial charge on any atom is 0.387 e. The molecule has 0 aliphatic carbocycles. The Morgan fingerprint density at radius 3 is 2.45 bits per heavy atom. The van der Waals surface area contributed by atoms with Crippen molar-refractivity contribution in [2.45, 2.75) is 24.6 Å². The van der Waals surface area contributed by atoms with Gasteiger partial charge in [0, 0.05) is 30.6 Å². The molecular formula is C22H22F2N2O5S2. The normalized spacial score (nSPS) is 11.4. The summed E-state index contributed by atoms with van der Waals surface area (Å²) in [5.74, 6) is -0.342. The van der Waals surface area contributed by atoms with Gasteiger partial charge in [0.1, 0.15) is 0 Å². The average molecular weight is 497 g/mol. The van der Waals surface area contributed by atoms with Crippen LogP contribution in [0.2, 0.25) is 0 Å². The number of hydrogen-bond acceptors (Lipinski definition) is 6. The van der Waals surface area contributed by atoms with Crippen LogP contribution in [-0.2, 0) is 23.1 Å². The highest BCUT2D eigenvalue weighted by Gasteiger charge is 2.18. The minimum absolute atomic E-state index is 0.0437. The lowest BCUT2D eigenvalue weighted by atomic mass is 10.1. The van der Waals surface area contributed by atoms with Crippen molar-refractivity contribution in [2.24, 2.45) is 0 Å². The monoisotopic (exact) mass is 496 g/mol. The predicted octanol–water partition coefficient (Wildman–Crippen LogP) is 4.11. The maximum absolute atomic E-state index is 12.8. The van der Waals surface area contributed by atoms with E-state index in [9.17, 15) is 22.0 Å². The Labute approximate surface area is 194 Å². The molecule has 0 saturated heterocycles. The Kier molecular flexibility index (Phi) is 8.01. The van der Waals surface area contributed by atoms with E-state index in [1.54, 1.807) is 13.1 Å². The number of amides is 1. The van der Waals surface area contributed by atoms with E-state index in [1.807, 2.05) is 17.5 Å². The second-order valence-electron chi connectivity index (χ2n) is 6.95. The summed E-state index contributed by atoms with van der Waals surface area (Å²) in [5, 5.41) is 1.86. The third-order valence-corrected chi connectivity index (χ3v) is 6.93. The van der Waals surface area contributed by atoms with E-state index in [2.05, 4.69) is 9.46 Å². The number of nitrogens with one attached hydrogen (secondary N) is 1. The Morgan fingerprint density at radius 2 is 1.85 bits per heavy atom. The summed E-state index contributed by atoms with van der Waals surface area (Å²) in [6, 6.07) is 13.7. The molecule has 0 bridgehead atoms. The molecular weight excluding hydrogens is 474 g/mol. The summed E-state index contributed by atoms with van der Waals surface area (Å²) in [6.45, 7) is -2.71. The van der Waals surface area contributed by atoms with Gasteiger partial charge in [-0.25, -0.2) is 13.1 Å². The van der Waals surface area contributed by atoms with Crippen molar-refractivity contribution >= 4 is 27.3 Å². The van der Waals surface area contributed by atoms with E-state index < -0.39 is 16.6 Å². The number of nitrogens with zero attached hydrogens (tertiary/aromatic N) is 1. The Bertz CT molecular complexity index is 1180. The number of carbonyl (C=O) groups is 1. The molecule has 1 heterocycles. The van der Waals surface area contributed by atoms with Crippen LogP contribution in [-0.4, -0.2) is 40.0 Å². The number of carbonyl (C=O) groups excluding carboxylic acids is 1. The highest BCUT2D eigenvalue weighted by atomic mass is 32.2. The smallest absolute Gasteiger partial charge is 0.387 e. The first-order valence-corrected chi connectivity index (χ1v) is 12.0. The summed E-state index contributed by atoms with van der Waals surface area (Å²) >= 11 is 1.45. The third kappa shape index (κ3) is 6.50. The predicted molar refractivity (Wildman–Crippen MR) is 120 cm³/mol. The summed E-state index contributed by atoms with van der Waals surface area (Å²) in [4.78, 5) is 15.1.